The Hall–Kier alpha value is -0.680. The fraction of sp³-hybridized carbons (Fsp3) is 0.846. The lowest BCUT2D eigenvalue weighted by Gasteiger charge is -2.39. The van der Waals surface area contributed by atoms with Gasteiger partial charge in [0.2, 0.25) is 0 Å². The number of ether oxygens (including phenoxy) is 2. The smallest absolute Gasteiger partial charge is 0.186 e. The maximum Gasteiger partial charge on any atom is 0.186 e. The van der Waals surface area contributed by atoms with E-state index in [0.29, 0.717) is 6.61 Å². The molecular formula is C13H22O6. The Morgan fingerprint density at radius 1 is 1.05 bits per heavy atom. The second kappa shape index (κ2) is 8.48. The molecule has 6 heteroatoms. The van der Waals surface area contributed by atoms with Crippen molar-refractivity contribution in [1.29, 1.82) is 0 Å². The lowest BCUT2D eigenvalue weighted by molar-refractivity contribution is -0.301. The summed E-state index contributed by atoms with van der Waals surface area (Å²) >= 11 is 0. The summed E-state index contributed by atoms with van der Waals surface area (Å²) in [6.45, 7) is -0.0970. The predicted molar refractivity (Wildman–Crippen MR) is 67.0 cm³/mol. The quantitative estimate of drug-likeness (QED) is 0.351. The first-order valence-corrected chi connectivity index (χ1v) is 6.47. The normalized spacial score (nSPS) is 35.0. The van der Waals surface area contributed by atoms with Crippen molar-refractivity contribution >= 4 is 0 Å². The lowest BCUT2D eigenvalue weighted by Crippen LogP contribution is -2.59. The standard InChI is InChI=1S/C13H22O6/c1-2-3-4-5-6-7-18-13-12(17)11(16)10(15)9(8-14)19-13/h1,9-17H,3-8H2/t9-,10-,11+,12-,13?/m1/s1. The number of aliphatic hydroxyl groups excluding tert-OH is 4. The number of aliphatic hydroxyl groups is 4. The molecule has 1 saturated heterocycles. The van der Waals surface area contributed by atoms with E-state index in [-0.39, 0.29) is 0 Å². The van der Waals surface area contributed by atoms with Crippen molar-refractivity contribution in [2.45, 2.75) is 56.4 Å². The molecule has 6 nitrogen and oxygen atoms in total. The molecule has 1 unspecified atom stereocenters. The van der Waals surface area contributed by atoms with E-state index < -0.39 is 37.3 Å². The first-order valence-electron chi connectivity index (χ1n) is 6.47. The monoisotopic (exact) mass is 274 g/mol. The fourth-order valence-electron chi connectivity index (χ4n) is 1.91. The highest BCUT2D eigenvalue weighted by molar-refractivity contribution is 4.88. The van der Waals surface area contributed by atoms with E-state index in [0.717, 1.165) is 25.7 Å². The third kappa shape index (κ3) is 4.73. The minimum Gasteiger partial charge on any atom is -0.394 e. The molecule has 1 aliphatic rings. The van der Waals surface area contributed by atoms with E-state index >= 15 is 0 Å². The second-order valence-corrected chi connectivity index (χ2v) is 4.58. The number of hydrogen-bond acceptors (Lipinski definition) is 6. The Bertz CT molecular complexity index is 287. The zero-order chi connectivity index (χ0) is 14.3. The molecule has 0 aromatic heterocycles. The van der Waals surface area contributed by atoms with Gasteiger partial charge in [0.15, 0.2) is 6.29 Å². The van der Waals surface area contributed by atoms with Gasteiger partial charge in [-0.15, -0.1) is 12.3 Å². The highest BCUT2D eigenvalue weighted by Crippen LogP contribution is 2.22. The molecular weight excluding hydrogens is 252 g/mol. The molecule has 0 bridgehead atoms. The highest BCUT2D eigenvalue weighted by Gasteiger charge is 2.43. The van der Waals surface area contributed by atoms with Crippen molar-refractivity contribution in [1.82, 2.24) is 0 Å². The van der Waals surface area contributed by atoms with Gasteiger partial charge >= 0.3 is 0 Å². The minimum absolute atomic E-state index is 0.354. The largest absolute Gasteiger partial charge is 0.394 e. The van der Waals surface area contributed by atoms with Crippen molar-refractivity contribution in [2.24, 2.45) is 0 Å². The highest BCUT2D eigenvalue weighted by atomic mass is 16.7. The van der Waals surface area contributed by atoms with Crippen molar-refractivity contribution in [2.75, 3.05) is 13.2 Å². The Balaban J connectivity index is 2.30. The molecule has 0 aliphatic carbocycles. The Kier molecular flexibility index (Phi) is 7.31. The molecule has 1 rings (SSSR count). The average molecular weight is 274 g/mol. The summed E-state index contributed by atoms with van der Waals surface area (Å²) in [4.78, 5) is 0. The molecule has 0 amide bonds. The Labute approximate surface area is 113 Å². The van der Waals surface area contributed by atoms with Gasteiger partial charge < -0.3 is 29.9 Å². The molecule has 0 radical (unpaired) electrons. The van der Waals surface area contributed by atoms with Gasteiger partial charge in [0.1, 0.15) is 24.4 Å². The third-order valence-corrected chi connectivity index (χ3v) is 3.10. The molecule has 4 N–H and O–H groups in total. The van der Waals surface area contributed by atoms with Gasteiger partial charge in [-0.1, -0.05) is 6.42 Å². The van der Waals surface area contributed by atoms with Gasteiger partial charge in [-0.25, -0.2) is 0 Å². The van der Waals surface area contributed by atoms with Gasteiger partial charge in [-0.3, -0.25) is 0 Å². The second-order valence-electron chi connectivity index (χ2n) is 4.58. The topological polar surface area (TPSA) is 99.4 Å². The number of hydrogen-bond donors (Lipinski definition) is 4. The molecule has 19 heavy (non-hydrogen) atoms. The van der Waals surface area contributed by atoms with Crippen LogP contribution in [-0.2, 0) is 9.47 Å². The van der Waals surface area contributed by atoms with Crippen LogP contribution in [0.3, 0.4) is 0 Å². The van der Waals surface area contributed by atoms with E-state index in [9.17, 15) is 15.3 Å². The van der Waals surface area contributed by atoms with Crippen LogP contribution < -0.4 is 0 Å². The summed E-state index contributed by atoms with van der Waals surface area (Å²) in [5, 5.41) is 37.8. The third-order valence-electron chi connectivity index (χ3n) is 3.10. The molecule has 0 aromatic carbocycles. The van der Waals surface area contributed by atoms with Gasteiger partial charge in [-0.2, -0.15) is 0 Å². The first kappa shape index (κ1) is 16.4. The van der Waals surface area contributed by atoms with Crippen LogP contribution in [-0.4, -0.2) is 64.3 Å². The van der Waals surface area contributed by atoms with Crippen LogP contribution in [0, 0.1) is 12.3 Å². The molecule has 110 valence electrons. The van der Waals surface area contributed by atoms with Crippen LogP contribution in [0.2, 0.25) is 0 Å². The fourth-order valence-corrected chi connectivity index (χ4v) is 1.91. The summed E-state index contributed by atoms with van der Waals surface area (Å²) in [6.07, 6.45) is 2.39. The van der Waals surface area contributed by atoms with Crippen LogP contribution in [0.25, 0.3) is 0 Å². The lowest BCUT2D eigenvalue weighted by atomic mass is 9.99. The van der Waals surface area contributed by atoms with E-state index in [2.05, 4.69) is 5.92 Å². The van der Waals surface area contributed by atoms with E-state index in [1.54, 1.807) is 0 Å². The molecule has 1 fully saturated rings. The molecule has 5 atom stereocenters. The summed E-state index contributed by atoms with van der Waals surface area (Å²) in [5.74, 6) is 2.54. The molecule has 0 spiro atoms. The number of terminal acetylenes is 1. The summed E-state index contributed by atoms with van der Waals surface area (Å²) in [5.41, 5.74) is 0. The molecule has 1 heterocycles. The summed E-state index contributed by atoms with van der Waals surface area (Å²) in [6, 6.07) is 0. The van der Waals surface area contributed by atoms with Crippen LogP contribution in [0.5, 0.6) is 0 Å². The van der Waals surface area contributed by atoms with E-state index in [1.807, 2.05) is 0 Å². The summed E-state index contributed by atoms with van der Waals surface area (Å²) < 4.78 is 10.5. The van der Waals surface area contributed by atoms with Crippen molar-refractivity contribution in [3.05, 3.63) is 0 Å². The van der Waals surface area contributed by atoms with Crippen LogP contribution in [0.4, 0.5) is 0 Å². The summed E-state index contributed by atoms with van der Waals surface area (Å²) in [7, 11) is 0. The average Bonchev–Trinajstić information content (AvgIpc) is 2.42. The van der Waals surface area contributed by atoms with Crippen molar-refractivity contribution in [3.8, 4) is 12.3 Å². The first-order chi connectivity index (χ1) is 9.11. The van der Waals surface area contributed by atoms with Gasteiger partial charge in [0.25, 0.3) is 0 Å². The molecule has 0 saturated carbocycles. The maximum absolute atomic E-state index is 9.69. The van der Waals surface area contributed by atoms with Crippen molar-refractivity contribution < 1.29 is 29.9 Å². The zero-order valence-corrected chi connectivity index (χ0v) is 10.8. The number of unbranched alkanes of at least 4 members (excludes halogenated alkanes) is 3. The van der Waals surface area contributed by atoms with Crippen LogP contribution >= 0.6 is 0 Å². The zero-order valence-electron chi connectivity index (χ0n) is 10.8. The SMILES string of the molecule is C#CCCCCCOC1O[C@H](CO)[C@@H](O)[C@H](O)[C@H]1O. The molecule has 1 aliphatic heterocycles. The van der Waals surface area contributed by atoms with E-state index in [4.69, 9.17) is 21.0 Å². The van der Waals surface area contributed by atoms with E-state index in [1.165, 1.54) is 0 Å². The van der Waals surface area contributed by atoms with Crippen LogP contribution in [0.15, 0.2) is 0 Å². The number of rotatable bonds is 7. The molecule has 0 aromatic rings. The maximum atomic E-state index is 9.69. The van der Waals surface area contributed by atoms with Crippen LogP contribution in [0.1, 0.15) is 25.7 Å². The van der Waals surface area contributed by atoms with Crippen molar-refractivity contribution in [3.63, 3.8) is 0 Å². The van der Waals surface area contributed by atoms with Gasteiger partial charge in [-0.05, 0) is 12.8 Å². The Morgan fingerprint density at radius 3 is 2.42 bits per heavy atom. The minimum atomic E-state index is -1.39. The predicted octanol–water partition coefficient (Wildman–Crippen LogP) is -1.00. The van der Waals surface area contributed by atoms with Gasteiger partial charge in [0.05, 0.1) is 6.61 Å². The Morgan fingerprint density at radius 2 is 1.79 bits per heavy atom. The van der Waals surface area contributed by atoms with Gasteiger partial charge in [0, 0.05) is 13.0 Å².